The van der Waals surface area contributed by atoms with Crippen LogP contribution in [-0.2, 0) is 4.74 Å². The number of hydrogen-bond donors (Lipinski definition) is 0. The van der Waals surface area contributed by atoms with Crippen molar-refractivity contribution in [1.29, 1.82) is 0 Å². The first-order chi connectivity index (χ1) is 9.67. The molecule has 0 spiro atoms. The second kappa shape index (κ2) is 5.13. The molecule has 1 aliphatic heterocycles. The van der Waals surface area contributed by atoms with Gasteiger partial charge in [0.1, 0.15) is 11.8 Å². The van der Waals surface area contributed by atoms with Crippen LogP contribution in [0.1, 0.15) is 46.4 Å². The first-order valence-corrected chi connectivity index (χ1v) is 6.66. The average Bonchev–Trinajstić information content (AvgIpc) is 3.06. The molecule has 0 radical (unpaired) electrons. The number of carbonyl (C=O) groups is 1. The van der Waals surface area contributed by atoms with Crippen LogP contribution in [0.3, 0.4) is 0 Å². The van der Waals surface area contributed by atoms with E-state index < -0.39 is 0 Å². The standard InChI is InChI=1S/C14H16N4O2/c1-9-6-10(2)16-14(15-9)18-7-11(8-19)13(17-18)12-4-3-5-20-12/h6-8,12H,3-5H2,1-2H3. The Balaban J connectivity index is 2.03. The Morgan fingerprint density at radius 1 is 1.35 bits per heavy atom. The number of aldehydes is 1. The number of rotatable bonds is 3. The van der Waals surface area contributed by atoms with Gasteiger partial charge in [0, 0.05) is 24.2 Å². The fourth-order valence-corrected chi connectivity index (χ4v) is 2.45. The Hall–Kier alpha value is -2.08. The third-order valence-electron chi connectivity index (χ3n) is 3.31. The van der Waals surface area contributed by atoms with Crippen molar-refractivity contribution < 1.29 is 9.53 Å². The Labute approximate surface area is 116 Å². The summed E-state index contributed by atoms with van der Waals surface area (Å²) in [6.07, 6.45) is 4.27. The molecule has 1 atom stereocenters. The van der Waals surface area contributed by atoms with Crippen molar-refractivity contribution in [3.05, 3.63) is 34.9 Å². The van der Waals surface area contributed by atoms with Crippen molar-refractivity contribution in [2.45, 2.75) is 32.8 Å². The van der Waals surface area contributed by atoms with E-state index in [1.807, 2.05) is 19.9 Å². The molecule has 1 unspecified atom stereocenters. The number of carbonyl (C=O) groups excluding carboxylic acids is 1. The van der Waals surface area contributed by atoms with E-state index in [1.165, 1.54) is 0 Å². The van der Waals surface area contributed by atoms with Crippen LogP contribution in [0.4, 0.5) is 0 Å². The summed E-state index contributed by atoms with van der Waals surface area (Å²) in [6.45, 7) is 4.53. The van der Waals surface area contributed by atoms with E-state index in [9.17, 15) is 4.79 Å². The fourth-order valence-electron chi connectivity index (χ4n) is 2.45. The molecule has 3 heterocycles. The second-order valence-corrected chi connectivity index (χ2v) is 4.98. The zero-order valence-corrected chi connectivity index (χ0v) is 11.5. The third kappa shape index (κ3) is 2.34. The van der Waals surface area contributed by atoms with Gasteiger partial charge in [0.05, 0.1) is 5.56 Å². The zero-order valence-electron chi connectivity index (χ0n) is 11.5. The lowest BCUT2D eigenvalue weighted by atomic mass is 10.1. The van der Waals surface area contributed by atoms with Gasteiger partial charge in [-0.1, -0.05) is 0 Å². The first-order valence-electron chi connectivity index (χ1n) is 6.66. The molecular weight excluding hydrogens is 256 g/mol. The zero-order chi connectivity index (χ0) is 14.1. The maximum absolute atomic E-state index is 11.2. The smallest absolute Gasteiger partial charge is 0.250 e. The molecule has 20 heavy (non-hydrogen) atoms. The van der Waals surface area contributed by atoms with Crippen LogP contribution in [-0.4, -0.2) is 32.6 Å². The predicted molar refractivity (Wildman–Crippen MR) is 71.9 cm³/mol. The lowest BCUT2D eigenvalue weighted by Gasteiger charge is -2.06. The molecule has 6 heteroatoms. The van der Waals surface area contributed by atoms with Crippen LogP contribution < -0.4 is 0 Å². The highest BCUT2D eigenvalue weighted by Crippen LogP contribution is 2.29. The van der Waals surface area contributed by atoms with E-state index in [4.69, 9.17) is 4.74 Å². The number of aryl methyl sites for hydroxylation is 2. The molecule has 0 aromatic carbocycles. The molecular formula is C14H16N4O2. The summed E-state index contributed by atoms with van der Waals surface area (Å²) < 4.78 is 7.16. The van der Waals surface area contributed by atoms with Crippen LogP contribution in [0.25, 0.3) is 5.95 Å². The molecule has 0 saturated carbocycles. The Morgan fingerprint density at radius 3 is 2.70 bits per heavy atom. The monoisotopic (exact) mass is 272 g/mol. The highest BCUT2D eigenvalue weighted by molar-refractivity contribution is 5.76. The Bertz CT molecular complexity index is 624. The topological polar surface area (TPSA) is 69.9 Å². The van der Waals surface area contributed by atoms with E-state index in [0.717, 1.165) is 37.1 Å². The number of nitrogens with zero attached hydrogens (tertiary/aromatic N) is 4. The van der Waals surface area contributed by atoms with Gasteiger partial charge >= 0.3 is 0 Å². The molecule has 0 aliphatic carbocycles. The van der Waals surface area contributed by atoms with Crippen molar-refractivity contribution in [1.82, 2.24) is 19.7 Å². The van der Waals surface area contributed by atoms with Crippen molar-refractivity contribution in [2.24, 2.45) is 0 Å². The molecule has 1 fully saturated rings. The van der Waals surface area contributed by atoms with Crippen LogP contribution in [0.2, 0.25) is 0 Å². The minimum atomic E-state index is -0.0950. The van der Waals surface area contributed by atoms with Gasteiger partial charge in [0.25, 0.3) is 5.95 Å². The summed E-state index contributed by atoms with van der Waals surface area (Å²) >= 11 is 0. The van der Waals surface area contributed by atoms with E-state index in [1.54, 1.807) is 10.9 Å². The molecule has 6 nitrogen and oxygen atoms in total. The average molecular weight is 272 g/mol. The normalized spacial score (nSPS) is 18.4. The Morgan fingerprint density at radius 2 is 2.10 bits per heavy atom. The van der Waals surface area contributed by atoms with E-state index in [0.29, 0.717) is 17.2 Å². The maximum Gasteiger partial charge on any atom is 0.250 e. The summed E-state index contributed by atoms with van der Waals surface area (Å²) in [5, 5.41) is 4.45. The summed E-state index contributed by atoms with van der Waals surface area (Å²) in [6, 6.07) is 1.90. The molecule has 1 aliphatic rings. The van der Waals surface area contributed by atoms with Crippen LogP contribution >= 0.6 is 0 Å². The summed E-state index contributed by atoms with van der Waals surface area (Å²) in [4.78, 5) is 19.9. The molecule has 2 aromatic rings. The summed E-state index contributed by atoms with van der Waals surface area (Å²) in [5.74, 6) is 0.481. The molecule has 0 amide bonds. The number of aromatic nitrogens is 4. The lowest BCUT2D eigenvalue weighted by Crippen LogP contribution is -2.06. The van der Waals surface area contributed by atoms with Gasteiger partial charge in [-0.25, -0.2) is 14.6 Å². The SMILES string of the molecule is Cc1cc(C)nc(-n2cc(C=O)c(C3CCCO3)n2)n1. The number of hydrogen-bond acceptors (Lipinski definition) is 5. The predicted octanol–water partition coefficient (Wildman–Crippen LogP) is 1.94. The van der Waals surface area contributed by atoms with E-state index in [2.05, 4.69) is 15.1 Å². The van der Waals surface area contributed by atoms with Gasteiger partial charge in [-0.05, 0) is 32.8 Å². The maximum atomic E-state index is 11.2. The minimum absolute atomic E-state index is 0.0950. The molecule has 3 rings (SSSR count). The van der Waals surface area contributed by atoms with Crippen LogP contribution in [0, 0.1) is 13.8 Å². The number of ether oxygens (including phenoxy) is 1. The lowest BCUT2D eigenvalue weighted by molar-refractivity contribution is 0.103. The molecule has 1 saturated heterocycles. The molecule has 2 aromatic heterocycles. The van der Waals surface area contributed by atoms with Crippen molar-refractivity contribution >= 4 is 6.29 Å². The largest absolute Gasteiger partial charge is 0.372 e. The van der Waals surface area contributed by atoms with Crippen molar-refractivity contribution in [3.8, 4) is 5.95 Å². The highest BCUT2D eigenvalue weighted by atomic mass is 16.5. The van der Waals surface area contributed by atoms with Gasteiger partial charge in [0.15, 0.2) is 6.29 Å². The van der Waals surface area contributed by atoms with Crippen LogP contribution in [0.15, 0.2) is 12.3 Å². The Kier molecular flexibility index (Phi) is 3.31. The van der Waals surface area contributed by atoms with Gasteiger partial charge in [-0.2, -0.15) is 5.10 Å². The van der Waals surface area contributed by atoms with Gasteiger partial charge in [-0.15, -0.1) is 0 Å². The summed E-state index contributed by atoms with van der Waals surface area (Å²) in [7, 11) is 0. The van der Waals surface area contributed by atoms with Crippen LogP contribution in [0.5, 0.6) is 0 Å². The molecule has 0 bridgehead atoms. The quantitative estimate of drug-likeness (QED) is 0.799. The van der Waals surface area contributed by atoms with Gasteiger partial charge in [-0.3, -0.25) is 4.79 Å². The minimum Gasteiger partial charge on any atom is -0.372 e. The van der Waals surface area contributed by atoms with E-state index in [-0.39, 0.29) is 6.10 Å². The van der Waals surface area contributed by atoms with Gasteiger partial charge in [0.2, 0.25) is 0 Å². The third-order valence-corrected chi connectivity index (χ3v) is 3.31. The second-order valence-electron chi connectivity index (χ2n) is 4.98. The molecule has 104 valence electrons. The first kappa shape index (κ1) is 12.9. The van der Waals surface area contributed by atoms with Gasteiger partial charge < -0.3 is 4.74 Å². The molecule has 0 N–H and O–H groups in total. The highest BCUT2D eigenvalue weighted by Gasteiger charge is 2.24. The van der Waals surface area contributed by atoms with E-state index >= 15 is 0 Å². The van der Waals surface area contributed by atoms with Crippen molar-refractivity contribution in [3.63, 3.8) is 0 Å². The summed E-state index contributed by atoms with van der Waals surface area (Å²) in [5.41, 5.74) is 2.96. The van der Waals surface area contributed by atoms with Crippen molar-refractivity contribution in [2.75, 3.05) is 6.61 Å². The fraction of sp³-hybridized carbons (Fsp3) is 0.429.